The predicted octanol–water partition coefficient (Wildman–Crippen LogP) is 7.56. The lowest BCUT2D eigenvalue weighted by molar-refractivity contribution is -0.138. The van der Waals surface area contributed by atoms with E-state index in [-0.39, 0.29) is 53.3 Å². The van der Waals surface area contributed by atoms with E-state index in [0.29, 0.717) is 18.4 Å². The highest BCUT2D eigenvalue weighted by molar-refractivity contribution is 6.06. The van der Waals surface area contributed by atoms with E-state index in [2.05, 4.69) is 10.3 Å². The van der Waals surface area contributed by atoms with Crippen molar-refractivity contribution in [2.75, 3.05) is 11.9 Å². The fraction of sp³-hybridized carbons (Fsp3) is 0.233. The third kappa shape index (κ3) is 6.76. The van der Waals surface area contributed by atoms with E-state index in [1.807, 2.05) is 0 Å². The summed E-state index contributed by atoms with van der Waals surface area (Å²) in [5.41, 5.74) is -1.03. The number of carbonyl (C=O) groups is 2. The van der Waals surface area contributed by atoms with Crippen LogP contribution in [-0.2, 0) is 12.6 Å². The van der Waals surface area contributed by atoms with Crippen molar-refractivity contribution < 1.29 is 46.1 Å². The standard InChI is InChI=1S/C30H24F5N3O5/c1-16-12-18(31)4-7-24(16)43-25-15-20(17-2-3-17)22(30(33,34)35)14-21(25)28(39)37-19-5-6-23(32)26(13-19)42-11-8-27-36-9-10-38(27)29(40)41/h4-7,9-10,12-15,17H,2-3,8,11H2,1H3,(H,37,39)(H,40,41). The topological polar surface area (TPSA) is 103 Å². The lowest BCUT2D eigenvalue weighted by Crippen LogP contribution is -2.17. The van der Waals surface area contributed by atoms with E-state index >= 15 is 0 Å². The third-order valence-corrected chi connectivity index (χ3v) is 6.77. The summed E-state index contributed by atoms with van der Waals surface area (Å²) in [5.74, 6) is -2.76. The van der Waals surface area contributed by atoms with Crippen molar-refractivity contribution in [3.63, 3.8) is 0 Å². The number of ether oxygens (including phenoxy) is 2. The van der Waals surface area contributed by atoms with Gasteiger partial charge in [-0.2, -0.15) is 13.2 Å². The minimum Gasteiger partial charge on any atom is -0.490 e. The van der Waals surface area contributed by atoms with E-state index in [1.165, 1.54) is 36.7 Å². The van der Waals surface area contributed by atoms with Crippen LogP contribution in [0.4, 0.5) is 32.4 Å². The van der Waals surface area contributed by atoms with Crippen LogP contribution in [0, 0.1) is 18.6 Å². The second-order valence-electron chi connectivity index (χ2n) is 9.91. The normalized spacial score (nSPS) is 13.1. The van der Waals surface area contributed by atoms with Gasteiger partial charge in [0.15, 0.2) is 11.6 Å². The molecule has 0 bridgehead atoms. The minimum absolute atomic E-state index is 0.000172. The second kappa shape index (κ2) is 11.7. The molecule has 1 aromatic heterocycles. The van der Waals surface area contributed by atoms with Gasteiger partial charge in [-0.25, -0.2) is 23.1 Å². The van der Waals surface area contributed by atoms with Gasteiger partial charge in [-0.3, -0.25) is 4.79 Å². The van der Waals surface area contributed by atoms with Gasteiger partial charge in [0.1, 0.15) is 23.1 Å². The summed E-state index contributed by atoms with van der Waals surface area (Å²) in [7, 11) is 0. The molecule has 0 spiro atoms. The number of hydrogen-bond acceptors (Lipinski definition) is 5. The Morgan fingerprint density at radius 3 is 2.49 bits per heavy atom. The van der Waals surface area contributed by atoms with Crippen LogP contribution in [0.1, 0.15) is 51.6 Å². The molecule has 1 aliphatic carbocycles. The van der Waals surface area contributed by atoms with Gasteiger partial charge >= 0.3 is 12.3 Å². The number of carboxylic acid groups (broad SMARTS) is 1. The molecule has 3 aromatic carbocycles. The zero-order valence-electron chi connectivity index (χ0n) is 22.5. The van der Waals surface area contributed by atoms with Crippen LogP contribution in [0.3, 0.4) is 0 Å². The maximum Gasteiger partial charge on any atom is 0.417 e. The Morgan fingerprint density at radius 1 is 1.05 bits per heavy atom. The van der Waals surface area contributed by atoms with Gasteiger partial charge in [0.25, 0.3) is 5.91 Å². The Hall–Kier alpha value is -4.94. The quantitative estimate of drug-likeness (QED) is 0.192. The molecule has 0 unspecified atom stereocenters. The van der Waals surface area contributed by atoms with E-state index in [1.54, 1.807) is 6.92 Å². The molecule has 8 nitrogen and oxygen atoms in total. The summed E-state index contributed by atoms with van der Waals surface area (Å²) >= 11 is 0. The van der Waals surface area contributed by atoms with Crippen LogP contribution >= 0.6 is 0 Å². The lowest BCUT2D eigenvalue weighted by atomic mass is 9.98. The van der Waals surface area contributed by atoms with Crippen molar-refractivity contribution in [2.45, 2.75) is 38.3 Å². The first-order chi connectivity index (χ1) is 20.4. The van der Waals surface area contributed by atoms with Crippen LogP contribution < -0.4 is 14.8 Å². The zero-order valence-corrected chi connectivity index (χ0v) is 22.5. The van der Waals surface area contributed by atoms with Gasteiger partial charge in [0, 0.05) is 30.6 Å². The van der Waals surface area contributed by atoms with Crippen molar-refractivity contribution in [1.82, 2.24) is 9.55 Å². The number of aryl methyl sites for hydroxylation is 1. The summed E-state index contributed by atoms with van der Waals surface area (Å²) < 4.78 is 82.4. The number of nitrogens with zero attached hydrogens (tertiary/aromatic N) is 2. The summed E-state index contributed by atoms with van der Waals surface area (Å²) in [6.45, 7) is 1.39. The molecule has 1 fully saturated rings. The number of carbonyl (C=O) groups excluding carboxylic acids is 1. The highest BCUT2D eigenvalue weighted by Gasteiger charge is 2.40. The molecule has 1 saturated carbocycles. The third-order valence-electron chi connectivity index (χ3n) is 6.77. The molecular formula is C30H24F5N3O5. The average molecular weight is 602 g/mol. The van der Waals surface area contributed by atoms with E-state index in [9.17, 15) is 31.5 Å². The van der Waals surface area contributed by atoms with Crippen molar-refractivity contribution in [3.05, 3.63) is 101 Å². The average Bonchev–Trinajstić information content (AvgIpc) is 3.68. The molecule has 43 heavy (non-hydrogen) atoms. The van der Waals surface area contributed by atoms with Gasteiger partial charge in [0.05, 0.1) is 17.7 Å². The molecule has 2 N–H and O–H groups in total. The molecular weight excluding hydrogens is 577 g/mol. The molecule has 4 aromatic rings. The molecule has 5 rings (SSSR count). The van der Waals surface area contributed by atoms with Crippen LogP contribution in [0.5, 0.6) is 17.2 Å². The first kappa shape index (κ1) is 29.5. The number of nitrogens with one attached hydrogen (secondary N) is 1. The largest absolute Gasteiger partial charge is 0.490 e. The number of benzene rings is 3. The summed E-state index contributed by atoms with van der Waals surface area (Å²) in [5, 5.41) is 11.6. The molecule has 0 saturated heterocycles. The summed E-state index contributed by atoms with van der Waals surface area (Å²) in [6, 6.07) is 8.89. The first-order valence-electron chi connectivity index (χ1n) is 13.1. The van der Waals surface area contributed by atoms with E-state index in [0.717, 1.165) is 28.8 Å². The number of alkyl halides is 3. The van der Waals surface area contributed by atoms with Crippen molar-refractivity contribution in [3.8, 4) is 17.2 Å². The van der Waals surface area contributed by atoms with Crippen molar-refractivity contribution >= 4 is 17.7 Å². The Balaban J connectivity index is 1.42. The molecule has 1 aliphatic rings. The van der Waals surface area contributed by atoms with Gasteiger partial charge in [-0.1, -0.05) is 0 Å². The monoisotopic (exact) mass is 601 g/mol. The van der Waals surface area contributed by atoms with Gasteiger partial charge in [0.2, 0.25) is 0 Å². The van der Waals surface area contributed by atoms with Crippen LogP contribution in [0.25, 0.3) is 0 Å². The number of imidazole rings is 1. The van der Waals surface area contributed by atoms with Gasteiger partial charge in [-0.15, -0.1) is 0 Å². The van der Waals surface area contributed by atoms with Gasteiger partial charge < -0.3 is 19.9 Å². The van der Waals surface area contributed by atoms with Gasteiger partial charge in [-0.05, 0) is 79.3 Å². The maximum absolute atomic E-state index is 14.5. The Bertz CT molecular complexity index is 1700. The molecule has 1 amide bonds. The fourth-order valence-electron chi connectivity index (χ4n) is 4.52. The fourth-order valence-corrected chi connectivity index (χ4v) is 4.52. The Morgan fingerprint density at radius 2 is 1.81 bits per heavy atom. The smallest absolute Gasteiger partial charge is 0.417 e. The van der Waals surface area contributed by atoms with E-state index in [4.69, 9.17) is 14.6 Å². The number of halogens is 5. The molecule has 0 atom stereocenters. The molecule has 0 radical (unpaired) electrons. The summed E-state index contributed by atoms with van der Waals surface area (Å²) in [6.07, 6.45) is -2.33. The van der Waals surface area contributed by atoms with Crippen LogP contribution in [0.2, 0.25) is 0 Å². The molecule has 1 heterocycles. The molecule has 0 aliphatic heterocycles. The highest BCUT2D eigenvalue weighted by atomic mass is 19.4. The summed E-state index contributed by atoms with van der Waals surface area (Å²) in [4.78, 5) is 28.5. The number of amides is 1. The first-order valence-corrected chi connectivity index (χ1v) is 13.1. The second-order valence-corrected chi connectivity index (χ2v) is 9.91. The minimum atomic E-state index is -4.75. The van der Waals surface area contributed by atoms with Crippen LogP contribution in [0.15, 0.2) is 60.9 Å². The highest BCUT2D eigenvalue weighted by Crippen LogP contribution is 2.48. The number of hydrogen-bond donors (Lipinski definition) is 2. The lowest BCUT2D eigenvalue weighted by Gasteiger charge is -2.19. The van der Waals surface area contributed by atoms with Crippen LogP contribution in [-0.4, -0.2) is 33.3 Å². The Labute approximate surface area is 241 Å². The Kier molecular flexibility index (Phi) is 8.07. The number of aromatic nitrogens is 2. The van der Waals surface area contributed by atoms with E-state index < -0.39 is 40.9 Å². The van der Waals surface area contributed by atoms with Crippen molar-refractivity contribution in [1.29, 1.82) is 0 Å². The SMILES string of the molecule is Cc1cc(F)ccc1Oc1cc(C2CC2)c(C(F)(F)F)cc1C(=O)Nc1ccc(F)c(OCCc2nccn2C(=O)O)c1. The molecule has 224 valence electrons. The zero-order chi connectivity index (χ0) is 30.9. The number of rotatable bonds is 9. The number of anilines is 1. The molecule has 13 heteroatoms. The maximum atomic E-state index is 14.5. The van der Waals surface area contributed by atoms with Crippen molar-refractivity contribution in [2.24, 2.45) is 0 Å². The predicted molar refractivity (Wildman–Crippen MR) is 144 cm³/mol.